The van der Waals surface area contributed by atoms with Crippen LogP contribution in [0.5, 0.6) is 0 Å². The molecule has 0 radical (unpaired) electrons. The van der Waals surface area contributed by atoms with Crippen LogP contribution in [0, 0.1) is 5.82 Å². The van der Waals surface area contributed by atoms with E-state index in [1.165, 1.54) is 25.0 Å². The van der Waals surface area contributed by atoms with E-state index in [4.69, 9.17) is 17.3 Å². The van der Waals surface area contributed by atoms with E-state index in [-0.39, 0.29) is 5.82 Å². The molecule has 2 N–H and O–H groups in total. The molecule has 0 aliphatic heterocycles. The maximum absolute atomic E-state index is 13.2. The molecule has 0 spiro atoms. The number of hydrogen-bond donors (Lipinski definition) is 1. The lowest BCUT2D eigenvalue weighted by atomic mass is 10.1. The third-order valence-corrected chi connectivity index (χ3v) is 4.39. The van der Waals surface area contributed by atoms with Crippen LogP contribution in [0.2, 0.25) is 5.02 Å². The molecule has 0 saturated heterocycles. The highest BCUT2D eigenvalue weighted by Gasteiger charge is 2.25. The molecule has 20 heavy (non-hydrogen) atoms. The van der Waals surface area contributed by atoms with Gasteiger partial charge < -0.3 is 10.3 Å². The smallest absolute Gasteiger partial charge is 0.131 e. The molecule has 0 unspecified atom stereocenters. The van der Waals surface area contributed by atoms with Gasteiger partial charge in [0.25, 0.3) is 0 Å². The quantitative estimate of drug-likeness (QED) is 0.905. The maximum atomic E-state index is 13.2. The summed E-state index contributed by atoms with van der Waals surface area (Å²) in [5.41, 5.74) is 7.50. The number of aromatic nitrogens is 2. The molecule has 5 heteroatoms. The summed E-state index contributed by atoms with van der Waals surface area (Å²) in [6, 6.07) is 4.31. The zero-order valence-corrected chi connectivity index (χ0v) is 12.1. The van der Waals surface area contributed by atoms with Gasteiger partial charge in [-0.25, -0.2) is 9.37 Å². The van der Waals surface area contributed by atoms with E-state index in [0.29, 0.717) is 28.0 Å². The number of imidazole rings is 1. The average molecular weight is 294 g/mol. The van der Waals surface area contributed by atoms with Crippen molar-refractivity contribution in [1.29, 1.82) is 0 Å². The van der Waals surface area contributed by atoms with Crippen LogP contribution in [-0.4, -0.2) is 9.55 Å². The molecular weight excluding hydrogens is 277 g/mol. The summed E-state index contributed by atoms with van der Waals surface area (Å²) in [6.07, 6.45) is 4.79. The van der Waals surface area contributed by atoms with E-state index >= 15 is 0 Å². The average Bonchev–Trinajstić information content (AvgIpc) is 3.01. The highest BCUT2D eigenvalue weighted by molar-refractivity contribution is 6.33. The van der Waals surface area contributed by atoms with Gasteiger partial charge in [0.2, 0.25) is 0 Å². The summed E-state index contributed by atoms with van der Waals surface area (Å²) < 4.78 is 15.1. The second kappa shape index (κ2) is 5.09. The number of nitrogen functional groups attached to an aromatic ring is 1. The van der Waals surface area contributed by atoms with Crippen molar-refractivity contribution in [2.75, 3.05) is 5.73 Å². The second-order valence-electron chi connectivity index (χ2n) is 5.37. The first kappa shape index (κ1) is 13.4. The molecule has 1 aromatic carbocycles. The van der Waals surface area contributed by atoms with Crippen LogP contribution in [0.25, 0.3) is 11.3 Å². The van der Waals surface area contributed by atoms with Crippen LogP contribution < -0.4 is 5.73 Å². The molecule has 1 aliphatic rings. The SMILES string of the molecule is Cn1c(C2CCCC2)nc(-c2ccc(F)cc2Cl)c1N. The largest absolute Gasteiger partial charge is 0.383 e. The van der Waals surface area contributed by atoms with Crippen molar-refractivity contribution < 1.29 is 4.39 Å². The van der Waals surface area contributed by atoms with Crippen molar-refractivity contribution in [2.45, 2.75) is 31.6 Å². The Labute approximate surface area is 122 Å². The van der Waals surface area contributed by atoms with E-state index in [2.05, 4.69) is 4.98 Å². The predicted octanol–water partition coefficient (Wildman–Crippen LogP) is 4.12. The summed E-state index contributed by atoms with van der Waals surface area (Å²) in [7, 11) is 1.93. The Balaban J connectivity index is 2.07. The summed E-state index contributed by atoms with van der Waals surface area (Å²) >= 11 is 6.11. The minimum Gasteiger partial charge on any atom is -0.383 e. The van der Waals surface area contributed by atoms with E-state index in [9.17, 15) is 4.39 Å². The van der Waals surface area contributed by atoms with Crippen LogP contribution in [-0.2, 0) is 7.05 Å². The lowest BCUT2D eigenvalue weighted by Gasteiger charge is -2.08. The zero-order valence-electron chi connectivity index (χ0n) is 11.4. The van der Waals surface area contributed by atoms with Crippen molar-refractivity contribution in [3.05, 3.63) is 34.9 Å². The van der Waals surface area contributed by atoms with Crippen molar-refractivity contribution in [3.63, 3.8) is 0 Å². The fourth-order valence-corrected chi connectivity index (χ4v) is 3.21. The number of nitrogens with zero attached hydrogens (tertiary/aromatic N) is 2. The number of benzene rings is 1. The van der Waals surface area contributed by atoms with Crippen molar-refractivity contribution in [1.82, 2.24) is 9.55 Å². The molecule has 0 atom stereocenters. The Kier molecular flexibility index (Phi) is 3.42. The minimum absolute atomic E-state index is 0.341. The summed E-state index contributed by atoms with van der Waals surface area (Å²) in [6.45, 7) is 0. The fraction of sp³-hybridized carbons (Fsp3) is 0.400. The number of halogens is 2. The lowest BCUT2D eigenvalue weighted by Crippen LogP contribution is -2.05. The molecule has 1 aliphatic carbocycles. The molecule has 0 bridgehead atoms. The third-order valence-electron chi connectivity index (χ3n) is 4.08. The Morgan fingerprint density at radius 2 is 2.05 bits per heavy atom. The summed E-state index contributed by atoms with van der Waals surface area (Å²) in [5, 5.41) is 0.341. The first-order valence-corrected chi connectivity index (χ1v) is 7.23. The van der Waals surface area contributed by atoms with Gasteiger partial charge in [0.1, 0.15) is 23.2 Å². The van der Waals surface area contributed by atoms with E-state index in [0.717, 1.165) is 18.7 Å². The lowest BCUT2D eigenvalue weighted by molar-refractivity contribution is 0.628. The molecule has 106 valence electrons. The normalized spacial score (nSPS) is 15.9. The minimum atomic E-state index is -0.357. The standard InChI is InChI=1S/C15H17ClFN3/c1-20-14(18)13(11-7-6-10(17)8-12(11)16)19-15(20)9-4-2-3-5-9/h6-9H,2-5,18H2,1H3. The van der Waals surface area contributed by atoms with Crippen LogP contribution in [0.3, 0.4) is 0 Å². The Morgan fingerprint density at radius 3 is 2.70 bits per heavy atom. The number of nitrogens with two attached hydrogens (primary N) is 1. The molecule has 1 heterocycles. The molecule has 3 rings (SSSR count). The van der Waals surface area contributed by atoms with Crippen LogP contribution >= 0.6 is 11.6 Å². The maximum Gasteiger partial charge on any atom is 0.131 e. The van der Waals surface area contributed by atoms with E-state index in [1.54, 1.807) is 6.07 Å². The van der Waals surface area contributed by atoms with Gasteiger partial charge in [-0.05, 0) is 31.0 Å². The highest BCUT2D eigenvalue weighted by Crippen LogP contribution is 2.38. The summed E-state index contributed by atoms with van der Waals surface area (Å²) in [5.74, 6) is 1.70. The van der Waals surface area contributed by atoms with Gasteiger partial charge in [-0.15, -0.1) is 0 Å². The molecule has 1 saturated carbocycles. The second-order valence-corrected chi connectivity index (χ2v) is 5.78. The number of rotatable bonds is 2. The summed E-state index contributed by atoms with van der Waals surface area (Å²) in [4.78, 5) is 4.68. The molecule has 0 amide bonds. The van der Waals surface area contributed by atoms with Gasteiger partial charge in [0, 0.05) is 18.5 Å². The fourth-order valence-electron chi connectivity index (χ4n) is 2.96. The number of hydrogen-bond acceptors (Lipinski definition) is 2. The topological polar surface area (TPSA) is 43.8 Å². The first-order chi connectivity index (χ1) is 9.58. The van der Waals surface area contributed by atoms with Crippen LogP contribution in [0.15, 0.2) is 18.2 Å². The third kappa shape index (κ3) is 2.18. The highest BCUT2D eigenvalue weighted by atomic mass is 35.5. The van der Waals surface area contributed by atoms with Crippen molar-refractivity contribution in [2.24, 2.45) is 7.05 Å². The van der Waals surface area contributed by atoms with Gasteiger partial charge in [0.05, 0.1) is 5.02 Å². The molecular formula is C15H17ClFN3. The van der Waals surface area contributed by atoms with Crippen molar-refractivity contribution >= 4 is 17.4 Å². The Morgan fingerprint density at radius 1 is 1.35 bits per heavy atom. The number of anilines is 1. The molecule has 3 nitrogen and oxygen atoms in total. The Bertz CT molecular complexity index is 645. The zero-order chi connectivity index (χ0) is 14.3. The van der Waals surface area contributed by atoms with Crippen molar-refractivity contribution in [3.8, 4) is 11.3 Å². The van der Waals surface area contributed by atoms with E-state index < -0.39 is 0 Å². The molecule has 1 aromatic heterocycles. The van der Waals surface area contributed by atoms with Crippen LogP contribution in [0.4, 0.5) is 10.2 Å². The van der Waals surface area contributed by atoms with Gasteiger partial charge in [-0.3, -0.25) is 0 Å². The van der Waals surface area contributed by atoms with Gasteiger partial charge in [0.15, 0.2) is 0 Å². The van der Waals surface area contributed by atoms with Crippen LogP contribution in [0.1, 0.15) is 37.4 Å². The van der Waals surface area contributed by atoms with Gasteiger partial charge >= 0.3 is 0 Å². The molecule has 2 aromatic rings. The van der Waals surface area contributed by atoms with Gasteiger partial charge in [-0.1, -0.05) is 24.4 Å². The first-order valence-electron chi connectivity index (χ1n) is 6.85. The Hall–Kier alpha value is -1.55. The van der Waals surface area contributed by atoms with Gasteiger partial charge in [-0.2, -0.15) is 0 Å². The monoisotopic (exact) mass is 293 g/mol. The predicted molar refractivity (Wildman–Crippen MR) is 79.2 cm³/mol. The molecule has 1 fully saturated rings. The van der Waals surface area contributed by atoms with E-state index in [1.807, 2.05) is 11.6 Å².